The number of aliphatic carboxylic acids is 1. The molecule has 1 saturated carbocycles. The molecule has 1 fully saturated rings. The average molecular weight is 329 g/mol. The van der Waals surface area contributed by atoms with E-state index in [0.717, 1.165) is 24.1 Å². The molecule has 24 heavy (non-hydrogen) atoms. The van der Waals surface area contributed by atoms with Gasteiger partial charge in [-0.05, 0) is 58.2 Å². The maximum absolute atomic E-state index is 12.9. The Kier molecular flexibility index (Phi) is 4.35. The highest BCUT2D eigenvalue weighted by molar-refractivity contribution is 5.82. The van der Waals surface area contributed by atoms with Crippen molar-refractivity contribution in [2.75, 3.05) is 0 Å². The van der Waals surface area contributed by atoms with Gasteiger partial charge in [-0.1, -0.05) is 0 Å². The normalized spacial score (nSPS) is 14.3. The van der Waals surface area contributed by atoms with Gasteiger partial charge < -0.3 is 14.4 Å². The summed E-state index contributed by atoms with van der Waals surface area (Å²) in [6, 6.07) is 6.05. The van der Waals surface area contributed by atoms with Crippen LogP contribution in [-0.2, 0) is 11.2 Å². The first-order valence-electron chi connectivity index (χ1n) is 8.44. The third kappa shape index (κ3) is 3.16. The lowest BCUT2D eigenvalue weighted by molar-refractivity contribution is -0.136. The molecule has 1 heterocycles. The summed E-state index contributed by atoms with van der Waals surface area (Å²) in [5, 5.41) is 9.59. The van der Waals surface area contributed by atoms with Gasteiger partial charge in [0.1, 0.15) is 5.75 Å². The van der Waals surface area contributed by atoms with Crippen LogP contribution < -0.4 is 10.2 Å². The van der Waals surface area contributed by atoms with Crippen LogP contribution in [0.25, 0.3) is 10.9 Å². The molecule has 1 aromatic carbocycles. The number of ether oxygens (including phenoxy) is 1. The summed E-state index contributed by atoms with van der Waals surface area (Å²) in [4.78, 5) is 23.9. The zero-order chi connectivity index (χ0) is 17.4. The van der Waals surface area contributed by atoms with Gasteiger partial charge in [-0.2, -0.15) is 0 Å². The highest BCUT2D eigenvalue weighted by Crippen LogP contribution is 2.39. The number of nitrogens with zero attached hydrogens (tertiary/aromatic N) is 1. The zero-order valence-electron chi connectivity index (χ0n) is 14.3. The Morgan fingerprint density at radius 2 is 2.08 bits per heavy atom. The Morgan fingerprint density at radius 3 is 2.67 bits per heavy atom. The van der Waals surface area contributed by atoms with Crippen molar-refractivity contribution in [3.05, 3.63) is 39.7 Å². The topological polar surface area (TPSA) is 68.5 Å². The Labute approximate surface area is 140 Å². The lowest BCUT2D eigenvalue weighted by atomic mass is 10.0. The quantitative estimate of drug-likeness (QED) is 0.881. The summed E-state index contributed by atoms with van der Waals surface area (Å²) in [6.45, 7) is 5.81. The second kappa shape index (κ2) is 6.30. The number of carboxylic acid groups (broad SMARTS) is 1. The summed E-state index contributed by atoms with van der Waals surface area (Å²) < 4.78 is 7.92. The van der Waals surface area contributed by atoms with Crippen LogP contribution in [-0.4, -0.2) is 21.7 Å². The van der Waals surface area contributed by atoms with Gasteiger partial charge in [-0.15, -0.1) is 0 Å². The summed E-state index contributed by atoms with van der Waals surface area (Å²) in [6.07, 6.45) is 2.46. The number of carbonyl (C=O) groups is 1. The largest absolute Gasteiger partial charge is 0.491 e. The molecule has 1 aromatic heterocycles. The van der Waals surface area contributed by atoms with E-state index in [-0.39, 0.29) is 24.4 Å². The molecule has 1 aliphatic carbocycles. The number of carboxylic acids is 1. The van der Waals surface area contributed by atoms with Crippen LogP contribution in [0.4, 0.5) is 0 Å². The number of rotatable bonds is 6. The average Bonchev–Trinajstić information content (AvgIpc) is 3.31. The number of aromatic nitrogens is 1. The summed E-state index contributed by atoms with van der Waals surface area (Å²) >= 11 is 0. The molecule has 0 bridgehead atoms. The Bertz CT molecular complexity index is 847. The Morgan fingerprint density at radius 1 is 1.38 bits per heavy atom. The van der Waals surface area contributed by atoms with Gasteiger partial charge >= 0.3 is 5.97 Å². The van der Waals surface area contributed by atoms with Gasteiger partial charge in [-0.3, -0.25) is 9.59 Å². The summed E-state index contributed by atoms with van der Waals surface area (Å²) in [5.74, 6) is -0.214. The predicted molar refractivity (Wildman–Crippen MR) is 92.9 cm³/mol. The maximum Gasteiger partial charge on any atom is 0.303 e. The van der Waals surface area contributed by atoms with E-state index >= 15 is 0 Å². The minimum atomic E-state index is -0.885. The van der Waals surface area contributed by atoms with Crippen LogP contribution in [0.1, 0.15) is 50.4 Å². The molecular weight excluding hydrogens is 306 g/mol. The number of pyridine rings is 1. The van der Waals surface area contributed by atoms with Gasteiger partial charge in [0.05, 0.1) is 11.6 Å². The van der Waals surface area contributed by atoms with Crippen LogP contribution in [0.3, 0.4) is 0 Å². The second-order valence-electron chi connectivity index (χ2n) is 6.73. The van der Waals surface area contributed by atoms with Crippen molar-refractivity contribution in [1.29, 1.82) is 0 Å². The van der Waals surface area contributed by atoms with Crippen molar-refractivity contribution in [2.45, 2.75) is 58.6 Å². The highest BCUT2D eigenvalue weighted by Gasteiger charge is 2.28. The van der Waals surface area contributed by atoms with Gasteiger partial charge in [0.25, 0.3) is 0 Å². The molecule has 3 rings (SSSR count). The smallest absolute Gasteiger partial charge is 0.303 e. The molecule has 0 unspecified atom stereocenters. The fraction of sp³-hybridized carbons (Fsp3) is 0.474. The van der Waals surface area contributed by atoms with Crippen molar-refractivity contribution in [2.24, 2.45) is 0 Å². The van der Waals surface area contributed by atoms with Gasteiger partial charge in [0.2, 0.25) is 0 Å². The van der Waals surface area contributed by atoms with E-state index in [2.05, 4.69) is 4.57 Å². The van der Waals surface area contributed by atoms with Crippen LogP contribution in [0.5, 0.6) is 5.75 Å². The number of hydrogen-bond donors (Lipinski definition) is 1. The molecule has 0 saturated heterocycles. The maximum atomic E-state index is 12.9. The molecule has 5 heteroatoms. The van der Waals surface area contributed by atoms with Gasteiger partial charge in [0, 0.05) is 29.1 Å². The zero-order valence-corrected chi connectivity index (χ0v) is 14.3. The Balaban J connectivity index is 2.19. The van der Waals surface area contributed by atoms with E-state index in [9.17, 15) is 9.59 Å². The van der Waals surface area contributed by atoms with Crippen molar-refractivity contribution < 1.29 is 14.6 Å². The minimum absolute atomic E-state index is 0.0324. The summed E-state index contributed by atoms with van der Waals surface area (Å²) in [5.41, 5.74) is 2.34. The lowest BCUT2D eigenvalue weighted by Gasteiger charge is -2.19. The molecule has 1 N–H and O–H groups in total. The SMILES string of the molecule is Cc1c(CCC(=O)O)c(=O)c2cc(OC(C)C)ccc2n1C1CC1. The molecule has 2 aromatic rings. The van der Waals surface area contributed by atoms with E-state index in [1.54, 1.807) is 6.07 Å². The number of benzene rings is 1. The van der Waals surface area contributed by atoms with Crippen molar-refractivity contribution >= 4 is 16.9 Å². The van der Waals surface area contributed by atoms with Crippen LogP contribution in [0.15, 0.2) is 23.0 Å². The first kappa shape index (κ1) is 16.6. The fourth-order valence-corrected chi connectivity index (χ4v) is 3.24. The first-order chi connectivity index (χ1) is 11.4. The molecule has 0 amide bonds. The van der Waals surface area contributed by atoms with Gasteiger partial charge in [-0.25, -0.2) is 0 Å². The molecule has 0 spiro atoms. The van der Waals surface area contributed by atoms with Crippen molar-refractivity contribution in [3.8, 4) is 5.75 Å². The molecule has 1 aliphatic rings. The Hall–Kier alpha value is -2.30. The van der Waals surface area contributed by atoms with E-state index in [4.69, 9.17) is 9.84 Å². The van der Waals surface area contributed by atoms with E-state index in [1.165, 1.54) is 0 Å². The molecule has 0 aliphatic heterocycles. The standard InChI is InChI=1S/C19H23NO4/c1-11(2)24-14-6-8-17-16(10-14)19(23)15(7-9-18(21)22)12(3)20(17)13-4-5-13/h6,8,10-11,13H,4-5,7,9H2,1-3H3,(H,21,22). The van der Waals surface area contributed by atoms with E-state index in [0.29, 0.717) is 22.7 Å². The highest BCUT2D eigenvalue weighted by atomic mass is 16.5. The number of hydrogen-bond acceptors (Lipinski definition) is 3. The van der Waals surface area contributed by atoms with Crippen LogP contribution in [0, 0.1) is 6.92 Å². The van der Waals surface area contributed by atoms with E-state index < -0.39 is 5.97 Å². The lowest BCUT2D eigenvalue weighted by Crippen LogP contribution is -2.20. The fourth-order valence-electron chi connectivity index (χ4n) is 3.24. The van der Waals surface area contributed by atoms with Crippen LogP contribution >= 0.6 is 0 Å². The van der Waals surface area contributed by atoms with Crippen molar-refractivity contribution in [1.82, 2.24) is 4.57 Å². The molecule has 0 atom stereocenters. The second-order valence-corrected chi connectivity index (χ2v) is 6.73. The third-order valence-electron chi connectivity index (χ3n) is 4.42. The summed E-state index contributed by atoms with van der Waals surface area (Å²) in [7, 11) is 0. The predicted octanol–water partition coefficient (Wildman–Crippen LogP) is 3.45. The van der Waals surface area contributed by atoms with Crippen LogP contribution in [0.2, 0.25) is 0 Å². The number of fused-ring (bicyclic) bond motifs is 1. The minimum Gasteiger partial charge on any atom is -0.491 e. The third-order valence-corrected chi connectivity index (χ3v) is 4.42. The monoisotopic (exact) mass is 329 g/mol. The van der Waals surface area contributed by atoms with E-state index in [1.807, 2.05) is 32.9 Å². The molecule has 0 radical (unpaired) electrons. The first-order valence-corrected chi connectivity index (χ1v) is 8.44. The molecule has 5 nitrogen and oxygen atoms in total. The molecule has 128 valence electrons. The van der Waals surface area contributed by atoms with Gasteiger partial charge in [0.15, 0.2) is 5.43 Å². The van der Waals surface area contributed by atoms with Crippen molar-refractivity contribution in [3.63, 3.8) is 0 Å². The molecular formula is C19H23NO4.